The Morgan fingerprint density at radius 2 is 2.41 bits per heavy atom. The lowest BCUT2D eigenvalue weighted by Gasteiger charge is -2.38. The fourth-order valence-corrected chi connectivity index (χ4v) is 4.18. The Hall–Kier alpha value is 0.0600. The minimum atomic E-state index is -0.201. The molecule has 2 heterocycles. The SMILES string of the molecule is CC(N)C(c1cc(Br)cs1)N1CCCC(O)C1. The van der Waals surface area contributed by atoms with E-state index in [0.29, 0.717) is 0 Å². The van der Waals surface area contributed by atoms with Crippen LogP contribution in [0.5, 0.6) is 0 Å². The normalized spacial score (nSPS) is 25.8. The molecule has 5 heteroatoms. The molecule has 0 amide bonds. The van der Waals surface area contributed by atoms with Crippen LogP contribution in [0.25, 0.3) is 0 Å². The number of likely N-dealkylation sites (tertiary alicyclic amines) is 1. The van der Waals surface area contributed by atoms with Crippen molar-refractivity contribution >= 4 is 27.3 Å². The maximum atomic E-state index is 9.77. The number of rotatable bonds is 3. The summed E-state index contributed by atoms with van der Waals surface area (Å²) in [6, 6.07) is 2.44. The number of hydrogen-bond acceptors (Lipinski definition) is 4. The summed E-state index contributed by atoms with van der Waals surface area (Å²) in [6.45, 7) is 3.81. The maximum absolute atomic E-state index is 9.77. The zero-order chi connectivity index (χ0) is 12.4. The molecule has 3 N–H and O–H groups in total. The van der Waals surface area contributed by atoms with Crippen molar-refractivity contribution in [3.05, 3.63) is 20.8 Å². The summed E-state index contributed by atoms with van der Waals surface area (Å²) in [4.78, 5) is 3.60. The van der Waals surface area contributed by atoms with Crippen LogP contribution in [0.1, 0.15) is 30.7 Å². The van der Waals surface area contributed by atoms with E-state index in [-0.39, 0.29) is 18.2 Å². The molecule has 0 spiro atoms. The molecule has 0 radical (unpaired) electrons. The smallest absolute Gasteiger partial charge is 0.0667 e. The van der Waals surface area contributed by atoms with E-state index in [1.54, 1.807) is 11.3 Å². The van der Waals surface area contributed by atoms with Gasteiger partial charge >= 0.3 is 0 Å². The molecule has 1 aromatic rings. The number of thiophene rings is 1. The van der Waals surface area contributed by atoms with Gasteiger partial charge in [-0.25, -0.2) is 0 Å². The van der Waals surface area contributed by atoms with Gasteiger partial charge in [-0.3, -0.25) is 4.90 Å². The highest BCUT2D eigenvalue weighted by molar-refractivity contribution is 9.10. The van der Waals surface area contributed by atoms with E-state index in [0.717, 1.165) is 30.4 Å². The number of halogens is 1. The van der Waals surface area contributed by atoms with Gasteiger partial charge in [0.25, 0.3) is 0 Å². The fraction of sp³-hybridized carbons (Fsp3) is 0.667. The Morgan fingerprint density at radius 3 is 2.94 bits per heavy atom. The number of piperidine rings is 1. The fourth-order valence-electron chi connectivity index (χ4n) is 2.49. The van der Waals surface area contributed by atoms with Crippen LogP contribution >= 0.6 is 27.3 Å². The van der Waals surface area contributed by atoms with Crippen LogP contribution in [0.3, 0.4) is 0 Å². The van der Waals surface area contributed by atoms with E-state index in [2.05, 4.69) is 32.3 Å². The highest BCUT2D eigenvalue weighted by Crippen LogP contribution is 2.32. The Kier molecular flexibility index (Phi) is 4.60. The molecule has 0 bridgehead atoms. The van der Waals surface area contributed by atoms with E-state index in [1.807, 2.05) is 6.92 Å². The van der Waals surface area contributed by atoms with Gasteiger partial charge in [0.15, 0.2) is 0 Å². The Labute approximate surface area is 115 Å². The average Bonchev–Trinajstić information content (AvgIpc) is 2.64. The molecule has 1 fully saturated rings. The van der Waals surface area contributed by atoms with E-state index in [4.69, 9.17) is 5.73 Å². The summed E-state index contributed by atoms with van der Waals surface area (Å²) in [5, 5.41) is 11.9. The molecular weight excluding hydrogens is 300 g/mol. The zero-order valence-electron chi connectivity index (χ0n) is 9.97. The van der Waals surface area contributed by atoms with Crippen LogP contribution in [0.15, 0.2) is 15.9 Å². The first-order valence-corrected chi connectivity index (χ1v) is 7.67. The largest absolute Gasteiger partial charge is 0.392 e. The third-order valence-electron chi connectivity index (χ3n) is 3.20. The van der Waals surface area contributed by atoms with Gasteiger partial charge in [0, 0.05) is 27.3 Å². The van der Waals surface area contributed by atoms with Crippen LogP contribution in [0.2, 0.25) is 0 Å². The Balaban J connectivity index is 2.17. The van der Waals surface area contributed by atoms with Crippen LogP contribution in [0.4, 0.5) is 0 Å². The highest BCUT2D eigenvalue weighted by atomic mass is 79.9. The van der Waals surface area contributed by atoms with Gasteiger partial charge in [-0.1, -0.05) is 0 Å². The highest BCUT2D eigenvalue weighted by Gasteiger charge is 2.29. The lowest BCUT2D eigenvalue weighted by atomic mass is 10.0. The zero-order valence-corrected chi connectivity index (χ0v) is 12.4. The van der Waals surface area contributed by atoms with Crippen LogP contribution in [0, 0.1) is 0 Å². The van der Waals surface area contributed by atoms with Crippen LogP contribution < -0.4 is 5.73 Å². The molecule has 96 valence electrons. The number of hydrogen-bond donors (Lipinski definition) is 2. The molecule has 0 aromatic carbocycles. The van der Waals surface area contributed by atoms with Gasteiger partial charge in [0.1, 0.15) is 0 Å². The van der Waals surface area contributed by atoms with Gasteiger partial charge in [-0.15, -0.1) is 11.3 Å². The van der Waals surface area contributed by atoms with Gasteiger partial charge in [-0.2, -0.15) is 0 Å². The lowest BCUT2D eigenvalue weighted by Crippen LogP contribution is -2.45. The second-order valence-electron chi connectivity index (χ2n) is 4.76. The predicted molar refractivity (Wildman–Crippen MR) is 75.2 cm³/mol. The first kappa shape index (κ1) is 13.5. The molecule has 2 rings (SSSR count). The Morgan fingerprint density at radius 1 is 1.65 bits per heavy atom. The summed E-state index contributed by atoms with van der Waals surface area (Å²) < 4.78 is 1.11. The van der Waals surface area contributed by atoms with Crippen molar-refractivity contribution in [3.63, 3.8) is 0 Å². The second kappa shape index (κ2) is 5.80. The molecule has 1 aliphatic heterocycles. The van der Waals surface area contributed by atoms with Crippen molar-refractivity contribution < 1.29 is 5.11 Å². The van der Waals surface area contributed by atoms with Gasteiger partial charge in [0.05, 0.1) is 12.1 Å². The van der Waals surface area contributed by atoms with E-state index in [1.165, 1.54) is 4.88 Å². The predicted octanol–water partition coefficient (Wildman–Crippen LogP) is 2.36. The average molecular weight is 319 g/mol. The van der Waals surface area contributed by atoms with Gasteiger partial charge in [-0.05, 0) is 48.3 Å². The molecule has 17 heavy (non-hydrogen) atoms. The number of aliphatic hydroxyl groups is 1. The second-order valence-corrected chi connectivity index (χ2v) is 6.62. The summed E-state index contributed by atoms with van der Waals surface area (Å²) in [6.07, 6.45) is 1.76. The third-order valence-corrected chi connectivity index (χ3v) is 4.96. The van der Waals surface area contributed by atoms with Crippen LogP contribution in [-0.4, -0.2) is 35.2 Å². The van der Waals surface area contributed by atoms with Gasteiger partial charge in [0.2, 0.25) is 0 Å². The van der Waals surface area contributed by atoms with Crippen molar-refractivity contribution in [1.82, 2.24) is 4.90 Å². The minimum absolute atomic E-state index is 0.0749. The number of nitrogens with zero attached hydrogens (tertiary/aromatic N) is 1. The van der Waals surface area contributed by atoms with Crippen molar-refractivity contribution in [2.45, 2.75) is 38.0 Å². The van der Waals surface area contributed by atoms with Crippen molar-refractivity contribution in [2.75, 3.05) is 13.1 Å². The van der Waals surface area contributed by atoms with E-state index in [9.17, 15) is 5.11 Å². The Bertz CT molecular complexity index is 369. The number of aliphatic hydroxyl groups excluding tert-OH is 1. The lowest BCUT2D eigenvalue weighted by molar-refractivity contribution is 0.0414. The first-order chi connectivity index (χ1) is 8.08. The first-order valence-electron chi connectivity index (χ1n) is 5.99. The molecule has 1 aliphatic rings. The summed E-state index contributed by atoms with van der Waals surface area (Å²) in [5.41, 5.74) is 6.12. The molecule has 1 saturated heterocycles. The summed E-state index contributed by atoms with van der Waals surface area (Å²) in [7, 11) is 0. The summed E-state index contributed by atoms with van der Waals surface area (Å²) in [5.74, 6) is 0. The van der Waals surface area contributed by atoms with E-state index >= 15 is 0 Å². The van der Waals surface area contributed by atoms with Crippen molar-refractivity contribution in [1.29, 1.82) is 0 Å². The number of nitrogens with two attached hydrogens (primary N) is 1. The minimum Gasteiger partial charge on any atom is -0.392 e. The quantitative estimate of drug-likeness (QED) is 0.899. The molecule has 0 saturated carbocycles. The van der Waals surface area contributed by atoms with Crippen molar-refractivity contribution in [3.8, 4) is 0 Å². The third kappa shape index (κ3) is 3.29. The molecule has 3 atom stereocenters. The molecule has 3 unspecified atom stereocenters. The molecule has 1 aromatic heterocycles. The van der Waals surface area contributed by atoms with Crippen LogP contribution in [-0.2, 0) is 0 Å². The van der Waals surface area contributed by atoms with Gasteiger partial charge < -0.3 is 10.8 Å². The topological polar surface area (TPSA) is 49.5 Å². The molecule has 3 nitrogen and oxygen atoms in total. The standard InChI is InChI=1S/C12H19BrN2OS/c1-8(14)12(11-5-9(13)7-17-11)15-4-2-3-10(16)6-15/h5,7-8,10,12,16H,2-4,6,14H2,1H3. The monoisotopic (exact) mass is 318 g/mol. The summed E-state index contributed by atoms with van der Waals surface area (Å²) >= 11 is 5.22. The maximum Gasteiger partial charge on any atom is 0.0667 e. The van der Waals surface area contributed by atoms with E-state index < -0.39 is 0 Å². The number of β-amino-alcohol motifs (C(OH)–C–C–N with tert-alkyl or cyclic N) is 1. The molecule has 0 aliphatic carbocycles. The van der Waals surface area contributed by atoms with Crippen molar-refractivity contribution in [2.24, 2.45) is 5.73 Å². The molecular formula is C12H19BrN2OS.